The Morgan fingerprint density at radius 3 is 2.23 bits per heavy atom. The molecule has 0 aromatic heterocycles. The van der Waals surface area contributed by atoms with Crippen molar-refractivity contribution in [3.63, 3.8) is 0 Å². The van der Waals surface area contributed by atoms with Gasteiger partial charge in [0.15, 0.2) is 14.9 Å². The second kappa shape index (κ2) is 4.55. The molecule has 0 unspecified atom stereocenters. The third kappa shape index (κ3) is 7.70. The molecule has 0 aliphatic heterocycles. The summed E-state index contributed by atoms with van der Waals surface area (Å²) < 4.78 is 45.0. The van der Waals surface area contributed by atoms with Gasteiger partial charge in [-0.2, -0.15) is 5.26 Å². The van der Waals surface area contributed by atoms with Gasteiger partial charge in [-0.25, -0.2) is 21.6 Å². The van der Waals surface area contributed by atoms with Gasteiger partial charge < -0.3 is 0 Å². The molecule has 13 heavy (non-hydrogen) atoms. The number of hydrogen-bond donors (Lipinski definition) is 1. The Morgan fingerprint density at radius 2 is 1.85 bits per heavy atom. The molecule has 1 N–H and O–H groups in total. The lowest BCUT2D eigenvalue weighted by atomic mass is 10.5. The van der Waals surface area contributed by atoms with Crippen LogP contribution < -0.4 is 4.72 Å². The van der Waals surface area contributed by atoms with E-state index in [2.05, 4.69) is 0 Å². The average molecular weight is 226 g/mol. The summed E-state index contributed by atoms with van der Waals surface area (Å²) in [6.45, 7) is -0.0612. The molecule has 0 aromatic rings. The van der Waals surface area contributed by atoms with E-state index in [1.807, 2.05) is 4.72 Å². The number of sulfonamides is 1. The van der Waals surface area contributed by atoms with Crippen LogP contribution in [0.2, 0.25) is 0 Å². The highest BCUT2D eigenvalue weighted by atomic mass is 32.3. The number of nitrogens with one attached hydrogen (secondary N) is 1. The first-order valence-corrected chi connectivity index (χ1v) is 7.00. The number of nitriles is 1. The summed E-state index contributed by atoms with van der Waals surface area (Å²) in [5.41, 5.74) is 0. The second-order valence-corrected chi connectivity index (χ2v) is 6.77. The standard InChI is InChI=1S/C5H10N2O4S2/c1-12(8,9)5-13(10,11)7-4-2-3-6/h7H,2,4-5H2,1H3. The van der Waals surface area contributed by atoms with E-state index in [-0.39, 0.29) is 13.0 Å². The lowest BCUT2D eigenvalue weighted by Gasteiger charge is -2.02. The summed E-state index contributed by atoms with van der Waals surface area (Å²) in [5.74, 6) is 0. The Balaban J connectivity index is 4.21. The smallest absolute Gasteiger partial charge is 0.226 e. The molecular weight excluding hydrogens is 216 g/mol. The van der Waals surface area contributed by atoms with Gasteiger partial charge >= 0.3 is 0 Å². The van der Waals surface area contributed by atoms with Crippen LogP contribution in [0.15, 0.2) is 0 Å². The Hall–Kier alpha value is -0.650. The molecule has 0 amide bonds. The van der Waals surface area contributed by atoms with Gasteiger partial charge in [0.05, 0.1) is 6.07 Å². The molecular formula is C5H10N2O4S2. The highest BCUT2D eigenvalue weighted by Crippen LogP contribution is 1.91. The first-order valence-electron chi connectivity index (χ1n) is 3.29. The molecule has 0 fully saturated rings. The van der Waals surface area contributed by atoms with Crippen molar-refractivity contribution in [3.8, 4) is 6.07 Å². The number of hydrogen-bond acceptors (Lipinski definition) is 5. The third-order valence-electron chi connectivity index (χ3n) is 0.928. The maximum atomic E-state index is 10.9. The SMILES string of the molecule is CS(=O)(=O)CS(=O)(=O)NCCC#N. The summed E-state index contributed by atoms with van der Waals surface area (Å²) in [5, 5.41) is 7.15. The van der Waals surface area contributed by atoms with Gasteiger partial charge in [0.25, 0.3) is 0 Å². The summed E-state index contributed by atoms with van der Waals surface area (Å²) >= 11 is 0. The largest absolute Gasteiger partial charge is 0.228 e. The summed E-state index contributed by atoms with van der Waals surface area (Å²) in [6.07, 6.45) is 0.847. The molecule has 0 spiro atoms. The van der Waals surface area contributed by atoms with Gasteiger partial charge in [0.1, 0.15) is 0 Å². The predicted octanol–water partition coefficient (Wildman–Crippen LogP) is -1.18. The Morgan fingerprint density at radius 1 is 1.31 bits per heavy atom. The van der Waals surface area contributed by atoms with Crippen LogP contribution in [0.4, 0.5) is 0 Å². The molecule has 0 radical (unpaired) electrons. The number of nitrogens with zero attached hydrogens (tertiary/aromatic N) is 1. The maximum absolute atomic E-state index is 10.9. The van der Waals surface area contributed by atoms with Crippen LogP contribution in [0.3, 0.4) is 0 Å². The van der Waals surface area contributed by atoms with Crippen molar-refractivity contribution in [1.82, 2.24) is 4.72 Å². The van der Waals surface area contributed by atoms with Gasteiger partial charge in [-0.05, 0) is 0 Å². The van der Waals surface area contributed by atoms with Crippen LogP contribution in [0.25, 0.3) is 0 Å². The number of sulfone groups is 1. The maximum Gasteiger partial charge on any atom is 0.226 e. The van der Waals surface area contributed by atoms with E-state index in [9.17, 15) is 16.8 Å². The first-order chi connectivity index (χ1) is 5.77. The van der Waals surface area contributed by atoms with Gasteiger partial charge in [-0.1, -0.05) is 0 Å². The third-order valence-corrected chi connectivity index (χ3v) is 4.53. The highest BCUT2D eigenvalue weighted by Gasteiger charge is 2.16. The van der Waals surface area contributed by atoms with E-state index in [0.29, 0.717) is 0 Å². The lowest BCUT2D eigenvalue weighted by Crippen LogP contribution is -2.30. The summed E-state index contributed by atoms with van der Waals surface area (Å²) in [6, 6.07) is 1.73. The lowest BCUT2D eigenvalue weighted by molar-refractivity contribution is 0.581. The van der Waals surface area contributed by atoms with Crippen LogP contribution in [0, 0.1) is 11.3 Å². The molecule has 76 valence electrons. The summed E-state index contributed by atoms with van der Waals surface area (Å²) in [4.78, 5) is 0. The van der Waals surface area contributed by atoms with Crippen molar-refractivity contribution < 1.29 is 16.8 Å². The molecule has 0 bridgehead atoms. The Bertz CT molecular complexity index is 389. The fourth-order valence-corrected chi connectivity index (χ4v) is 3.59. The van der Waals surface area contributed by atoms with Crippen molar-refractivity contribution in [3.05, 3.63) is 0 Å². The van der Waals surface area contributed by atoms with E-state index < -0.39 is 24.9 Å². The van der Waals surface area contributed by atoms with E-state index in [1.165, 1.54) is 0 Å². The summed E-state index contributed by atoms with van der Waals surface area (Å²) in [7, 11) is -7.35. The van der Waals surface area contributed by atoms with Crippen LogP contribution in [0.1, 0.15) is 6.42 Å². The average Bonchev–Trinajstić information content (AvgIpc) is 1.81. The molecule has 0 aromatic carbocycles. The monoisotopic (exact) mass is 226 g/mol. The molecule has 0 saturated heterocycles. The zero-order chi connectivity index (χ0) is 10.5. The van der Waals surface area contributed by atoms with Crippen LogP contribution >= 0.6 is 0 Å². The number of rotatable bonds is 5. The predicted molar refractivity (Wildman–Crippen MR) is 46.9 cm³/mol. The van der Waals surface area contributed by atoms with Crippen molar-refractivity contribution in [2.45, 2.75) is 6.42 Å². The van der Waals surface area contributed by atoms with Crippen LogP contribution in [0.5, 0.6) is 0 Å². The quantitative estimate of drug-likeness (QED) is 0.594. The van der Waals surface area contributed by atoms with Crippen molar-refractivity contribution in [1.29, 1.82) is 5.26 Å². The minimum Gasteiger partial charge on any atom is -0.228 e. The van der Waals surface area contributed by atoms with Crippen molar-refractivity contribution in [2.24, 2.45) is 0 Å². The zero-order valence-corrected chi connectivity index (χ0v) is 8.65. The molecule has 0 heterocycles. The van der Waals surface area contributed by atoms with Gasteiger partial charge in [0, 0.05) is 19.2 Å². The molecule has 8 heteroatoms. The molecule has 0 rings (SSSR count). The van der Waals surface area contributed by atoms with E-state index in [4.69, 9.17) is 5.26 Å². The van der Waals surface area contributed by atoms with Crippen molar-refractivity contribution >= 4 is 19.9 Å². The minimum absolute atomic E-state index is 0.0169. The van der Waals surface area contributed by atoms with Gasteiger partial charge in [-0.3, -0.25) is 0 Å². The highest BCUT2D eigenvalue weighted by molar-refractivity contribution is 8.06. The van der Waals surface area contributed by atoms with Crippen LogP contribution in [-0.4, -0.2) is 34.7 Å². The Labute approximate surface area is 77.5 Å². The van der Waals surface area contributed by atoms with E-state index in [1.54, 1.807) is 6.07 Å². The molecule has 6 nitrogen and oxygen atoms in total. The first kappa shape index (κ1) is 12.3. The Kier molecular flexibility index (Phi) is 4.32. The van der Waals surface area contributed by atoms with E-state index in [0.717, 1.165) is 6.26 Å². The fraction of sp³-hybridized carbons (Fsp3) is 0.800. The molecule has 0 aliphatic carbocycles. The van der Waals surface area contributed by atoms with Crippen LogP contribution in [-0.2, 0) is 19.9 Å². The topological polar surface area (TPSA) is 104 Å². The van der Waals surface area contributed by atoms with Crippen molar-refractivity contribution in [2.75, 3.05) is 17.9 Å². The minimum atomic E-state index is -3.80. The van der Waals surface area contributed by atoms with Gasteiger partial charge in [-0.15, -0.1) is 0 Å². The molecule has 0 aliphatic rings. The molecule has 0 saturated carbocycles. The van der Waals surface area contributed by atoms with E-state index >= 15 is 0 Å². The normalized spacial score (nSPS) is 12.3. The zero-order valence-electron chi connectivity index (χ0n) is 7.02. The second-order valence-electron chi connectivity index (χ2n) is 2.46. The van der Waals surface area contributed by atoms with Gasteiger partial charge in [0.2, 0.25) is 10.0 Å². The molecule has 0 atom stereocenters. The fourth-order valence-electron chi connectivity index (χ4n) is 0.586.